The van der Waals surface area contributed by atoms with Crippen molar-refractivity contribution in [3.05, 3.63) is 40.4 Å². The number of hydrogen-bond acceptors (Lipinski definition) is 6. The SMILES string of the molecule is COc1ccccc1/C=N\NC(=O)c1snnc1C. The van der Waals surface area contributed by atoms with Crippen LogP contribution in [0.25, 0.3) is 0 Å². The summed E-state index contributed by atoms with van der Waals surface area (Å²) in [5, 5.41) is 7.66. The minimum atomic E-state index is -0.321. The molecule has 0 aliphatic rings. The first-order valence-electron chi connectivity index (χ1n) is 5.47. The van der Waals surface area contributed by atoms with Crippen LogP contribution in [-0.4, -0.2) is 28.8 Å². The van der Waals surface area contributed by atoms with Crippen LogP contribution in [0.3, 0.4) is 0 Å². The molecule has 1 amide bonds. The van der Waals surface area contributed by atoms with Gasteiger partial charge in [0.2, 0.25) is 0 Å². The Bertz CT molecular complexity index is 609. The van der Waals surface area contributed by atoms with Crippen LogP contribution in [0.15, 0.2) is 29.4 Å². The molecule has 0 radical (unpaired) electrons. The molecule has 0 atom stereocenters. The molecule has 19 heavy (non-hydrogen) atoms. The smallest absolute Gasteiger partial charge is 0.285 e. The van der Waals surface area contributed by atoms with Crippen molar-refractivity contribution in [1.82, 2.24) is 15.0 Å². The summed E-state index contributed by atoms with van der Waals surface area (Å²) in [5.41, 5.74) is 3.81. The maximum Gasteiger partial charge on any atom is 0.285 e. The lowest BCUT2D eigenvalue weighted by atomic mass is 10.2. The number of hydrazone groups is 1. The van der Waals surface area contributed by atoms with Crippen LogP contribution in [0.5, 0.6) is 5.75 Å². The van der Waals surface area contributed by atoms with Crippen molar-refractivity contribution >= 4 is 23.7 Å². The summed E-state index contributed by atoms with van der Waals surface area (Å²) >= 11 is 1.04. The second-order valence-electron chi connectivity index (χ2n) is 3.63. The number of amides is 1. The van der Waals surface area contributed by atoms with E-state index in [1.54, 1.807) is 14.0 Å². The molecule has 6 nitrogen and oxygen atoms in total. The van der Waals surface area contributed by atoms with Crippen molar-refractivity contribution in [1.29, 1.82) is 0 Å². The Morgan fingerprint density at radius 1 is 1.47 bits per heavy atom. The van der Waals surface area contributed by atoms with Gasteiger partial charge in [0.25, 0.3) is 5.91 Å². The number of aryl methyl sites for hydroxylation is 1. The Kier molecular flexibility index (Phi) is 4.19. The lowest BCUT2D eigenvalue weighted by molar-refractivity contribution is 0.0958. The van der Waals surface area contributed by atoms with Gasteiger partial charge in [0, 0.05) is 5.56 Å². The first kappa shape index (κ1) is 13.2. The third-order valence-corrected chi connectivity index (χ3v) is 3.19. The average molecular weight is 276 g/mol. The molecule has 2 rings (SSSR count). The molecule has 0 saturated carbocycles. The molecule has 0 fully saturated rings. The Hall–Kier alpha value is -2.28. The third kappa shape index (κ3) is 3.14. The van der Waals surface area contributed by atoms with E-state index in [4.69, 9.17) is 4.74 Å². The second kappa shape index (κ2) is 6.05. The molecule has 0 aliphatic carbocycles. The summed E-state index contributed by atoms with van der Waals surface area (Å²) in [5.74, 6) is 0.370. The number of methoxy groups -OCH3 is 1. The zero-order valence-electron chi connectivity index (χ0n) is 10.5. The van der Waals surface area contributed by atoms with E-state index >= 15 is 0 Å². The van der Waals surface area contributed by atoms with Crippen molar-refractivity contribution in [3.8, 4) is 5.75 Å². The third-order valence-electron chi connectivity index (χ3n) is 2.37. The Labute approximate surface area is 114 Å². The van der Waals surface area contributed by atoms with Gasteiger partial charge in [-0.05, 0) is 30.6 Å². The van der Waals surface area contributed by atoms with E-state index in [0.29, 0.717) is 16.3 Å². The number of carbonyl (C=O) groups is 1. The summed E-state index contributed by atoms with van der Waals surface area (Å²) in [6.45, 7) is 1.72. The largest absolute Gasteiger partial charge is 0.496 e. The second-order valence-corrected chi connectivity index (χ2v) is 4.38. The normalized spacial score (nSPS) is 10.6. The van der Waals surface area contributed by atoms with E-state index in [9.17, 15) is 4.79 Å². The quantitative estimate of drug-likeness (QED) is 0.680. The molecular weight excluding hydrogens is 264 g/mol. The van der Waals surface area contributed by atoms with Crippen LogP contribution < -0.4 is 10.2 Å². The predicted octanol–water partition coefficient (Wildman–Crippen LogP) is 1.62. The van der Waals surface area contributed by atoms with Crippen molar-refractivity contribution in [2.45, 2.75) is 6.92 Å². The first-order chi connectivity index (χ1) is 9.22. The Morgan fingerprint density at radius 2 is 2.26 bits per heavy atom. The minimum absolute atomic E-state index is 0.321. The fourth-order valence-corrected chi connectivity index (χ4v) is 1.97. The minimum Gasteiger partial charge on any atom is -0.496 e. The number of nitrogens with one attached hydrogen (secondary N) is 1. The van der Waals surface area contributed by atoms with Crippen molar-refractivity contribution in [2.24, 2.45) is 5.10 Å². The Morgan fingerprint density at radius 3 is 2.95 bits per heavy atom. The number of ether oxygens (including phenoxy) is 1. The molecule has 0 aliphatic heterocycles. The zero-order chi connectivity index (χ0) is 13.7. The lowest BCUT2D eigenvalue weighted by Gasteiger charge is -2.02. The van der Waals surface area contributed by atoms with Gasteiger partial charge in [-0.2, -0.15) is 5.10 Å². The molecule has 0 saturated heterocycles. The number of aromatic nitrogens is 2. The van der Waals surface area contributed by atoms with Crippen LogP contribution in [0.1, 0.15) is 20.9 Å². The topological polar surface area (TPSA) is 76.5 Å². The van der Waals surface area contributed by atoms with Gasteiger partial charge < -0.3 is 4.74 Å². The maximum absolute atomic E-state index is 11.7. The van der Waals surface area contributed by atoms with Crippen LogP contribution in [0.2, 0.25) is 0 Å². The van der Waals surface area contributed by atoms with Crippen LogP contribution in [-0.2, 0) is 0 Å². The lowest BCUT2D eigenvalue weighted by Crippen LogP contribution is -2.17. The fraction of sp³-hybridized carbons (Fsp3) is 0.167. The van der Waals surface area contributed by atoms with Crippen LogP contribution in [0, 0.1) is 6.92 Å². The van der Waals surface area contributed by atoms with Gasteiger partial charge in [-0.3, -0.25) is 4.79 Å². The highest BCUT2D eigenvalue weighted by molar-refractivity contribution is 7.07. The highest BCUT2D eigenvalue weighted by Crippen LogP contribution is 2.14. The summed E-state index contributed by atoms with van der Waals surface area (Å²) < 4.78 is 8.87. The molecule has 1 N–H and O–H groups in total. The Balaban J connectivity index is 2.04. The van der Waals surface area contributed by atoms with E-state index in [-0.39, 0.29) is 5.91 Å². The van der Waals surface area contributed by atoms with Crippen LogP contribution >= 0.6 is 11.5 Å². The van der Waals surface area contributed by atoms with E-state index in [1.165, 1.54) is 6.21 Å². The number of para-hydroxylation sites is 1. The van der Waals surface area contributed by atoms with E-state index in [1.807, 2.05) is 24.3 Å². The monoisotopic (exact) mass is 276 g/mol. The van der Waals surface area contributed by atoms with Gasteiger partial charge in [-0.25, -0.2) is 5.43 Å². The molecule has 98 valence electrons. The average Bonchev–Trinajstić information content (AvgIpc) is 2.85. The zero-order valence-corrected chi connectivity index (χ0v) is 11.3. The van der Waals surface area contributed by atoms with Gasteiger partial charge in [0.15, 0.2) is 0 Å². The highest BCUT2D eigenvalue weighted by atomic mass is 32.1. The standard InChI is InChI=1S/C12H12N4O2S/c1-8-11(19-16-14-8)12(17)15-13-7-9-5-3-4-6-10(9)18-2/h3-7H,1-2H3,(H,15,17)/b13-7-. The van der Waals surface area contributed by atoms with E-state index < -0.39 is 0 Å². The molecule has 0 spiro atoms. The van der Waals surface area contributed by atoms with Crippen LogP contribution in [0.4, 0.5) is 0 Å². The van der Waals surface area contributed by atoms with Crippen molar-refractivity contribution < 1.29 is 9.53 Å². The summed E-state index contributed by atoms with van der Waals surface area (Å²) in [7, 11) is 1.58. The van der Waals surface area contributed by atoms with Gasteiger partial charge in [-0.1, -0.05) is 16.6 Å². The van der Waals surface area contributed by atoms with E-state index in [2.05, 4.69) is 20.1 Å². The molecule has 1 aromatic carbocycles. The number of carbonyl (C=O) groups excluding carboxylic acids is 1. The molecule has 0 unspecified atom stereocenters. The first-order valence-corrected chi connectivity index (χ1v) is 6.25. The summed E-state index contributed by atoms with van der Waals surface area (Å²) in [6, 6.07) is 7.39. The fourth-order valence-electron chi connectivity index (χ4n) is 1.42. The molecule has 7 heteroatoms. The van der Waals surface area contributed by atoms with Gasteiger partial charge in [0.05, 0.1) is 19.0 Å². The summed E-state index contributed by atoms with van der Waals surface area (Å²) in [6.07, 6.45) is 1.53. The molecule has 1 aromatic heterocycles. The van der Waals surface area contributed by atoms with Gasteiger partial charge in [0.1, 0.15) is 10.6 Å². The number of benzene rings is 1. The molecule has 0 bridgehead atoms. The number of hydrogen-bond donors (Lipinski definition) is 1. The number of nitrogens with zero attached hydrogens (tertiary/aromatic N) is 3. The van der Waals surface area contributed by atoms with Gasteiger partial charge >= 0.3 is 0 Å². The van der Waals surface area contributed by atoms with Gasteiger partial charge in [-0.15, -0.1) is 5.10 Å². The van der Waals surface area contributed by atoms with Crippen molar-refractivity contribution in [2.75, 3.05) is 7.11 Å². The highest BCUT2D eigenvalue weighted by Gasteiger charge is 2.11. The number of rotatable bonds is 4. The van der Waals surface area contributed by atoms with E-state index in [0.717, 1.165) is 17.1 Å². The predicted molar refractivity (Wildman–Crippen MR) is 72.7 cm³/mol. The maximum atomic E-state index is 11.7. The molecular formula is C12H12N4O2S. The molecule has 2 aromatic rings. The molecule has 1 heterocycles. The van der Waals surface area contributed by atoms with Crippen molar-refractivity contribution in [3.63, 3.8) is 0 Å². The summed E-state index contributed by atoms with van der Waals surface area (Å²) in [4.78, 5) is 12.2.